The molecule has 5 nitrogen and oxygen atoms in total. The number of ether oxygens (including phenoxy) is 1. The topological polar surface area (TPSA) is 67.0 Å². The van der Waals surface area contributed by atoms with Gasteiger partial charge in [-0.15, -0.1) is 0 Å². The number of imidazole rings is 1. The van der Waals surface area contributed by atoms with E-state index in [0.717, 1.165) is 28.2 Å². The van der Waals surface area contributed by atoms with Crippen LogP contribution in [0.3, 0.4) is 0 Å². The maximum Gasteiger partial charge on any atom is 0.251 e. The number of nitrogens with zero attached hydrogens (tertiary/aromatic N) is 1. The van der Waals surface area contributed by atoms with Crippen LogP contribution in [0.5, 0.6) is 5.75 Å². The van der Waals surface area contributed by atoms with Gasteiger partial charge in [-0.1, -0.05) is 42.5 Å². The third kappa shape index (κ3) is 3.88. The number of benzene rings is 3. The van der Waals surface area contributed by atoms with Gasteiger partial charge in [0.05, 0.1) is 24.2 Å². The number of nitrogens with one attached hydrogen (secondary N) is 2. The zero-order valence-corrected chi connectivity index (χ0v) is 15.6. The lowest BCUT2D eigenvalue weighted by Gasteiger charge is -2.19. The number of fused-ring (bicyclic) bond motifs is 1. The Morgan fingerprint density at radius 2 is 1.71 bits per heavy atom. The lowest BCUT2D eigenvalue weighted by Crippen LogP contribution is -2.30. The Morgan fingerprint density at radius 1 is 1.00 bits per heavy atom. The van der Waals surface area contributed by atoms with Crippen LogP contribution in [0.15, 0.2) is 78.9 Å². The van der Waals surface area contributed by atoms with E-state index in [1.165, 1.54) is 0 Å². The minimum atomic E-state index is -0.223. The van der Waals surface area contributed by atoms with Gasteiger partial charge in [0.15, 0.2) is 0 Å². The molecule has 5 heteroatoms. The van der Waals surface area contributed by atoms with Crippen molar-refractivity contribution in [2.45, 2.75) is 12.5 Å². The van der Waals surface area contributed by atoms with Crippen molar-refractivity contribution < 1.29 is 9.53 Å². The summed E-state index contributed by atoms with van der Waals surface area (Å²) < 4.78 is 5.25. The normalized spacial score (nSPS) is 11.9. The molecule has 1 unspecified atom stereocenters. The third-order valence-electron chi connectivity index (χ3n) is 4.70. The Balaban J connectivity index is 1.62. The molecule has 0 saturated carbocycles. The number of hydrogen-bond acceptors (Lipinski definition) is 3. The van der Waals surface area contributed by atoms with Crippen LogP contribution in [-0.4, -0.2) is 23.0 Å². The molecule has 0 bridgehead atoms. The number of aromatic nitrogens is 2. The van der Waals surface area contributed by atoms with E-state index in [1.54, 1.807) is 7.11 Å². The Hall–Kier alpha value is -3.60. The molecule has 140 valence electrons. The molecule has 1 heterocycles. The summed E-state index contributed by atoms with van der Waals surface area (Å²) in [5.41, 5.74) is 3.52. The fourth-order valence-corrected chi connectivity index (χ4v) is 3.22. The minimum absolute atomic E-state index is 0.113. The molecule has 28 heavy (non-hydrogen) atoms. The van der Waals surface area contributed by atoms with Crippen LogP contribution in [0.4, 0.5) is 0 Å². The second kappa shape index (κ2) is 7.96. The number of para-hydroxylation sites is 2. The maximum atomic E-state index is 12.7. The van der Waals surface area contributed by atoms with Gasteiger partial charge in [0, 0.05) is 12.0 Å². The molecule has 3 aromatic carbocycles. The van der Waals surface area contributed by atoms with Crippen molar-refractivity contribution in [3.63, 3.8) is 0 Å². The van der Waals surface area contributed by atoms with E-state index in [9.17, 15) is 4.79 Å². The van der Waals surface area contributed by atoms with Crippen molar-refractivity contribution in [3.05, 3.63) is 95.8 Å². The van der Waals surface area contributed by atoms with Crippen LogP contribution in [0.1, 0.15) is 27.8 Å². The molecule has 0 radical (unpaired) electrons. The zero-order valence-electron chi connectivity index (χ0n) is 15.6. The molecular weight excluding hydrogens is 350 g/mol. The molecule has 0 aliphatic carbocycles. The number of aromatic amines is 1. The molecule has 0 aliphatic heterocycles. The number of carbonyl (C=O) groups excluding carboxylic acids is 1. The van der Waals surface area contributed by atoms with Crippen LogP contribution in [-0.2, 0) is 6.42 Å². The van der Waals surface area contributed by atoms with E-state index in [1.807, 2.05) is 78.9 Å². The molecule has 2 N–H and O–H groups in total. The highest BCUT2D eigenvalue weighted by Crippen LogP contribution is 2.22. The lowest BCUT2D eigenvalue weighted by molar-refractivity contribution is 0.0936. The van der Waals surface area contributed by atoms with Crippen LogP contribution < -0.4 is 10.1 Å². The molecule has 0 fully saturated rings. The van der Waals surface area contributed by atoms with Crippen LogP contribution in [0.25, 0.3) is 11.0 Å². The number of methoxy groups -OCH3 is 1. The van der Waals surface area contributed by atoms with Gasteiger partial charge >= 0.3 is 0 Å². The van der Waals surface area contributed by atoms with Crippen LogP contribution >= 0.6 is 0 Å². The number of H-pyrrole nitrogens is 1. The second-order valence-corrected chi connectivity index (χ2v) is 6.57. The van der Waals surface area contributed by atoms with E-state index in [2.05, 4.69) is 15.3 Å². The van der Waals surface area contributed by atoms with Gasteiger partial charge < -0.3 is 15.0 Å². The van der Waals surface area contributed by atoms with E-state index in [4.69, 9.17) is 4.74 Å². The largest absolute Gasteiger partial charge is 0.497 e. The summed E-state index contributed by atoms with van der Waals surface area (Å²) in [7, 11) is 1.64. The Bertz CT molecular complexity index is 1040. The van der Waals surface area contributed by atoms with E-state index < -0.39 is 0 Å². The fraction of sp³-hybridized carbons (Fsp3) is 0.130. The molecular formula is C23H21N3O2. The van der Waals surface area contributed by atoms with Gasteiger partial charge in [0.2, 0.25) is 0 Å². The molecule has 1 amide bonds. The quantitative estimate of drug-likeness (QED) is 0.531. The first kappa shape index (κ1) is 17.8. The maximum absolute atomic E-state index is 12.7. The van der Waals surface area contributed by atoms with Gasteiger partial charge in [-0.3, -0.25) is 4.79 Å². The SMILES string of the molecule is COc1ccc(C(Cc2nc3ccccc3[nH]2)NC(=O)c2ccccc2)cc1. The fourth-order valence-electron chi connectivity index (χ4n) is 3.22. The van der Waals surface area contributed by atoms with Gasteiger partial charge in [-0.2, -0.15) is 0 Å². The first-order valence-corrected chi connectivity index (χ1v) is 9.16. The highest BCUT2D eigenvalue weighted by atomic mass is 16.5. The first-order chi connectivity index (χ1) is 13.7. The standard InChI is InChI=1S/C23H21N3O2/c1-28-18-13-11-16(12-14-18)21(26-23(27)17-7-3-2-4-8-17)15-22-24-19-9-5-6-10-20(19)25-22/h2-14,21H,15H2,1H3,(H,24,25)(H,26,27). The number of rotatable bonds is 6. The number of carbonyl (C=O) groups is 1. The predicted molar refractivity (Wildman–Crippen MR) is 109 cm³/mol. The van der Waals surface area contributed by atoms with Crippen molar-refractivity contribution in [1.82, 2.24) is 15.3 Å². The van der Waals surface area contributed by atoms with Crippen LogP contribution in [0, 0.1) is 0 Å². The summed E-state index contributed by atoms with van der Waals surface area (Å²) in [5.74, 6) is 1.49. The Kier molecular flexibility index (Phi) is 5.06. The molecule has 4 aromatic rings. The molecule has 0 saturated heterocycles. The van der Waals surface area contributed by atoms with E-state index in [0.29, 0.717) is 12.0 Å². The van der Waals surface area contributed by atoms with Crippen molar-refractivity contribution >= 4 is 16.9 Å². The summed E-state index contributed by atoms with van der Waals surface area (Å²) in [4.78, 5) is 20.8. The number of amides is 1. The third-order valence-corrected chi connectivity index (χ3v) is 4.70. The molecule has 4 rings (SSSR count). The minimum Gasteiger partial charge on any atom is -0.497 e. The molecule has 1 aromatic heterocycles. The zero-order chi connectivity index (χ0) is 19.3. The first-order valence-electron chi connectivity index (χ1n) is 9.16. The summed E-state index contributed by atoms with van der Waals surface area (Å²) in [6.07, 6.45) is 0.555. The number of hydrogen-bond donors (Lipinski definition) is 2. The Labute approximate surface area is 163 Å². The molecule has 0 spiro atoms. The molecule has 0 aliphatic rings. The van der Waals surface area contributed by atoms with Crippen molar-refractivity contribution in [2.24, 2.45) is 0 Å². The van der Waals surface area contributed by atoms with E-state index in [-0.39, 0.29) is 11.9 Å². The summed E-state index contributed by atoms with van der Waals surface area (Å²) in [5, 5.41) is 3.14. The summed E-state index contributed by atoms with van der Waals surface area (Å²) in [6.45, 7) is 0. The predicted octanol–water partition coefficient (Wildman–Crippen LogP) is 4.29. The van der Waals surface area contributed by atoms with Gasteiger partial charge in [-0.25, -0.2) is 4.98 Å². The highest BCUT2D eigenvalue weighted by molar-refractivity contribution is 5.94. The van der Waals surface area contributed by atoms with E-state index >= 15 is 0 Å². The van der Waals surface area contributed by atoms with Crippen molar-refractivity contribution in [2.75, 3.05) is 7.11 Å². The lowest BCUT2D eigenvalue weighted by atomic mass is 10.0. The summed E-state index contributed by atoms with van der Waals surface area (Å²) in [6, 6.07) is 24.6. The van der Waals surface area contributed by atoms with Crippen molar-refractivity contribution in [1.29, 1.82) is 0 Å². The van der Waals surface area contributed by atoms with Gasteiger partial charge in [0.25, 0.3) is 5.91 Å². The van der Waals surface area contributed by atoms with Crippen molar-refractivity contribution in [3.8, 4) is 5.75 Å². The average molecular weight is 371 g/mol. The average Bonchev–Trinajstić information content (AvgIpc) is 3.16. The smallest absolute Gasteiger partial charge is 0.251 e. The van der Waals surface area contributed by atoms with Gasteiger partial charge in [0.1, 0.15) is 11.6 Å². The summed E-state index contributed by atoms with van der Waals surface area (Å²) >= 11 is 0. The second-order valence-electron chi connectivity index (χ2n) is 6.57. The highest BCUT2D eigenvalue weighted by Gasteiger charge is 2.18. The molecule has 1 atom stereocenters. The van der Waals surface area contributed by atoms with Gasteiger partial charge in [-0.05, 0) is 42.0 Å². The van der Waals surface area contributed by atoms with Crippen LogP contribution in [0.2, 0.25) is 0 Å². The monoisotopic (exact) mass is 371 g/mol. The Morgan fingerprint density at radius 3 is 2.43 bits per heavy atom.